The number of carbonyl (C=O) groups is 1. The van der Waals surface area contributed by atoms with Gasteiger partial charge in [-0.2, -0.15) is 0 Å². The molecule has 1 N–H and O–H groups in total. The van der Waals surface area contributed by atoms with Gasteiger partial charge in [-0.05, 0) is 49.7 Å². The van der Waals surface area contributed by atoms with Crippen LogP contribution in [0.1, 0.15) is 29.8 Å². The molecule has 0 unspecified atom stereocenters. The summed E-state index contributed by atoms with van der Waals surface area (Å²) in [5.41, 5.74) is 0.923. The fourth-order valence-electron chi connectivity index (χ4n) is 2.34. The van der Waals surface area contributed by atoms with Gasteiger partial charge in [0.15, 0.2) is 11.5 Å². The fourth-order valence-corrected chi connectivity index (χ4v) is 2.53. The summed E-state index contributed by atoms with van der Waals surface area (Å²) >= 11 is 6.03. The Kier molecular flexibility index (Phi) is 3.71. The molecule has 5 heteroatoms. The van der Waals surface area contributed by atoms with E-state index in [1.165, 1.54) is 0 Å². The molecule has 2 aromatic rings. The van der Waals surface area contributed by atoms with Crippen LogP contribution in [0.2, 0.25) is 5.02 Å². The highest BCUT2D eigenvalue weighted by molar-refractivity contribution is 6.30. The predicted molar refractivity (Wildman–Crippen MR) is 84.5 cm³/mol. The number of hydrogen-bond acceptors (Lipinski definition) is 3. The number of amides is 1. The van der Waals surface area contributed by atoms with Gasteiger partial charge >= 0.3 is 0 Å². The third-order valence-corrected chi connectivity index (χ3v) is 3.84. The van der Waals surface area contributed by atoms with Crippen LogP contribution in [0, 0.1) is 0 Å². The van der Waals surface area contributed by atoms with Crippen LogP contribution in [-0.2, 0) is 5.54 Å². The molecule has 22 heavy (non-hydrogen) atoms. The fraction of sp³-hybridized carbons (Fsp3) is 0.235. The summed E-state index contributed by atoms with van der Waals surface area (Å²) in [6.45, 7) is 4.06. The van der Waals surface area contributed by atoms with Gasteiger partial charge in [-0.25, -0.2) is 0 Å². The van der Waals surface area contributed by atoms with Crippen LogP contribution < -0.4 is 14.8 Å². The lowest BCUT2D eigenvalue weighted by Gasteiger charge is -2.27. The minimum absolute atomic E-state index is 0.178. The van der Waals surface area contributed by atoms with E-state index < -0.39 is 5.54 Å². The maximum atomic E-state index is 12.5. The summed E-state index contributed by atoms with van der Waals surface area (Å²) in [4.78, 5) is 12.5. The van der Waals surface area contributed by atoms with Crippen molar-refractivity contribution >= 4 is 17.5 Å². The standard InChI is InChI=1S/C17H16ClNO3/c1-17(2,12-4-3-5-13(18)9-12)19-16(20)11-6-7-14-15(8-11)22-10-21-14/h3-9H,10H2,1-2H3,(H,19,20). The maximum Gasteiger partial charge on any atom is 0.252 e. The van der Waals surface area contributed by atoms with E-state index in [0.29, 0.717) is 22.1 Å². The van der Waals surface area contributed by atoms with Gasteiger partial charge in [0.1, 0.15) is 0 Å². The topological polar surface area (TPSA) is 47.6 Å². The monoisotopic (exact) mass is 317 g/mol. The van der Waals surface area contributed by atoms with Gasteiger partial charge in [0.05, 0.1) is 5.54 Å². The van der Waals surface area contributed by atoms with E-state index in [2.05, 4.69) is 5.32 Å². The number of nitrogens with one attached hydrogen (secondary N) is 1. The molecule has 3 rings (SSSR count). The zero-order valence-corrected chi connectivity index (χ0v) is 13.1. The molecule has 2 aromatic carbocycles. The van der Waals surface area contributed by atoms with Crippen molar-refractivity contribution in [2.24, 2.45) is 0 Å². The van der Waals surface area contributed by atoms with Crippen molar-refractivity contribution < 1.29 is 14.3 Å². The Morgan fingerprint density at radius 1 is 1.14 bits per heavy atom. The molecule has 1 heterocycles. The molecule has 0 aliphatic carbocycles. The number of carbonyl (C=O) groups excluding carboxylic acids is 1. The van der Waals surface area contributed by atoms with Crippen molar-refractivity contribution in [2.75, 3.05) is 6.79 Å². The molecule has 1 aliphatic heterocycles. The van der Waals surface area contributed by atoms with E-state index in [1.807, 2.05) is 32.0 Å². The van der Waals surface area contributed by atoms with Crippen LogP contribution in [0.15, 0.2) is 42.5 Å². The molecule has 0 saturated carbocycles. The smallest absolute Gasteiger partial charge is 0.252 e. The van der Waals surface area contributed by atoms with E-state index in [0.717, 1.165) is 5.56 Å². The summed E-state index contributed by atoms with van der Waals surface area (Å²) in [6.07, 6.45) is 0. The Bertz CT molecular complexity index is 728. The van der Waals surface area contributed by atoms with E-state index >= 15 is 0 Å². The van der Waals surface area contributed by atoms with Crippen molar-refractivity contribution in [3.05, 3.63) is 58.6 Å². The molecule has 1 aliphatic rings. The first-order valence-electron chi connectivity index (χ1n) is 6.94. The quantitative estimate of drug-likeness (QED) is 0.938. The SMILES string of the molecule is CC(C)(NC(=O)c1ccc2c(c1)OCO2)c1cccc(Cl)c1. The first-order valence-corrected chi connectivity index (χ1v) is 7.32. The van der Waals surface area contributed by atoms with Crippen LogP contribution in [0.3, 0.4) is 0 Å². The molecule has 0 saturated heterocycles. The zero-order valence-electron chi connectivity index (χ0n) is 12.4. The molecule has 0 spiro atoms. The number of benzene rings is 2. The first kappa shape index (κ1) is 14.7. The van der Waals surface area contributed by atoms with Gasteiger partial charge in [0.25, 0.3) is 5.91 Å². The predicted octanol–water partition coefficient (Wildman–Crippen LogP) is 3.73. The van der Waals surface area contributed by atoms with E-state index in [4.69, 9.17) is 21.1 Å². The molecule has 0 fully saturated rings. The molecule has 0 aromatic heterocycles. The van der Waals surface area contributed by atoms with Crippen LogP contribution in [0.5, 0.6) is 11.5 Å². The highest BCUT2D eigenvalue weighted by Crippen LogP contribution is 2.33. The average molecular weight is 318 g/mol. The van der Waals surface area contributed by atoms with Crippen molar-refractivity contribution in [3.63, 3.8) is 0 Å². The van der Waals surface area contributed by atoms with Crippen molar-refractivity contribution in [1.82, 2.24) is 5.32 Å². The molecular formula is C17H16ClNO3. The van der Waals surface area contributed by atoms with Gasteiger partial charge < -0.3 is 14.8 Å². The van der Waals surface area contributed by atoms with Crippen LogP contribution in [0.4, 0.5) is 0 Å². The Labute approximate surface area is 134 Å². The summed E-state index contributed by atoms with van der Waals surface area (Å²) in [5.74, 6) is 1.07. The summed E-state index contributed by atoms with van der Waals surface area (Å²) < 4.78 is 10.5. The van der Waals surface area contributed by atoms with E-state index in [-0.39, 0.29) is 12.7 Å². The van der Waals surface area contributed by atoms with Crippen molar-refractivity contribution in [2.45, 2.75) is 19.4 Å². The maximum absolute atomic E-state index is 12.5. The van der Waals surface area contributed by atoms with Crippen molar-refractivity contribution in [1.29, 1.82) is 0 Å². The molecule has 0 radical (unpaired) electrons. The highest BCUT2D eigenvalue weighted by Gasteiger charge is 2.25. The van der Waals surface area contributed by atoms with Gasteiger partial charge in [-0.1, -0.05) is 23.7 Å². The number of hydrogen-bond donors (Lipinski definition) is 1. The number of ether oxygens (including phenoxy) is 2. The largest absolute Gasteiger partial charge is 0.454 e. The van der Waals surface area contributed by atoms with Crippen LogP contribution in [-0.4, -0.2) is 12.7 Å². The number of rotatable bonds is 3. The second kappa shape index (κ2) is 5.54. The summed E-state index contributed by atoms with van der Waals surface area (Å²) in [6, 6.07) is 12.6. The molecule has 1 amide bonds. The van der Waals surface area contributed by atoms with Crippen molar-refractivity contribution in [3.8, 4) is 11.5 Å². The third kappa shape index (κ3) is 2.88. The van der Waals surface area contributed by atoms with Crippen LogP contribution in [0.25, 0.3) is 0 Å². The Hall–Kier alpha value is -2.20. The molecular weight excluding hydrogens is 302 g/mol. The minimum Gasteiger partial charge on any atom is -0.454 e. The normalized spacial score (nSPS) is 13.0. The molecule has 0 bridgehead atoms. The second-order valence-corrected chi connectivity index (χ2v) is 6.09. The Morgan fingerprint density at radius 3 is 2.68 bits per heavy atom. The zero-order chi connectivity index (χ0) is 15.7. The second-order valence-electron chi connectivity index (χ2n) is 5.66. The number of fused-ring (bicyclic) bond motifs is 1. The van der Waals surface area contributed by atoms with Gasteiger partial charge in [0.2, 0.25) is 6.79 Å². The van der Waals surface area contributed by atoms with Gasteiger partial charge in [-0.3, -0.25) is 4.79 Å². The average Bonchev–Trinajstić information content (AvgIpc) is 2.94. The lowest BCUT2D eigenvalue weighted by molar-refractivity contribution is 0.0911. The van der Waals surface area contributed by atoms with Crippen LogP contribution >= 0.6 is 11.6 Å². The third-order valence-electron chi connectivity index (χ3n) is 3.61. The summed E-state index contributed by atoms with van der Waals surface area (Å²) in [7, 11) is 0. The lowest BCUT2D eigenvalue weighted by Crippen LogP contribution is -2.40. The molecule has 4 nitrogen and oxygen atoms in total. The Morgan fingerprint density at radius 2 is 1.91 bits per heavy atom. The van der Waals surface area contributed by atoms with Gasteiger partial charge in [-0.15, -0.1) is 0 Å². The number of halogens is 1. The lowest BCUT2D eigenvalue weighted by atomic mass is 9.94. The molecule has 0 atom stereocenters. The van der Waals surface area contributed by atoms with Gasteiger partial charge in [0, 0.05) is 10.6 Å². The highest BCUT2D eigenvalue weighted by atomic mass is 35.5. The first-order chi connectivity index (χ1) is 10.5. The van der Waals surface area contributed by atoms with E-state index in [1.54, 1.807) is 24.3 Å². The van der Waals surface area contributed by atoms with E-state index in [9.17, 15) is 4.79 Å². The Balaban J connectivity index is 1.81. The molecule has 114 valence electrons. The summed E-state index contributed by atoms with van der Waals surface area (Å²) in [5, 5.41) is 3.65. The minimum atomic E-state index is -0.543.